The molecule has 1 fully saturated rings. The van der Waals surface area contributed by atoms with Gasteiger partial charge in [0.15, 0.2) is 0 Å². The summed E-state index contributed by atoms with van der Waals surface area (Å²) in [5.74, 6) is -0.319. The van der Waals surface area contributed by atoms with E-state index in [2.05, 4.69) is 46.7 Å². The normalized spacial score (nSPS) is 17.1. The van der Waals surface area contributed by atoms with E-state index in [-0.39, 0.29) is 23.8 Å². The van der Waals surface area contributed by atoms with Crippen molar-refractivity contribution >= 4 is 17.5 Å². The molecule has 0 spiro atoms. The second-order valence-corrected chi connectivity index (χ2v) is 9.20. The Morgan fingerprint density at radius 2 is 1.76 bits per heavy atom. The van der Waals surface area contributed by atoms with Crippen LogP contribution in [0.25, 0.3) is 0 Å². The third-order valence-corrected chi connectivity index (χ3v) is 6.44. The Morgan fingerprint density at radius 3 is 2.56 bits per heavy atom. The summed E-state index contributed by atoms with van der Waals surface area (Å²) in [6.07, 6.45) is 1.84. The molecule has 0 saturated carbocycles. The van der Waals surface area contributed by atoms with Gasteiger partial charge in [0, 0.05) is 13.1 Å². The molecular formula is C29H33N3O2. The van der Waals surface area contributed by atoms with Gasteiger partial charge in [0.1, 0.15) is 0 Å². The number of anilines is 1. The predicted molar refractivity (Wildman–Crippen MR) is 137 cm³/mol. The average Bonchev–Trinajstić information content (AvgIpc) is 2.85. The number of hydrogen-bond donors (Lipinski definition) is 2. The summed E-state index contributed by atoms with van der Waals surface area (Å²) in [5, 5.41) is 6.09. The number of rotatable bonds is 7. The van der Waals surface area contributed by atoms with E-state index < -0.39 is 0 Å². The van der Waals surface area contributed by atoms with Gasteiger partial charge in [-0.3, -0.25) is 14.5 Å². The zero-order valence-corrected chi connectivity index (χ0v) is 20.0. The molecular weight excluding hydrogens is 422 g/mol. The summed E-state index contributed by atoms with van der Waals surface area (Å²) >= 11 is 0. The van der Waals surface area contributed by atoms with Gasteiger partial charge >= 0.3 is 0 Å². The second kappa shape index (κ2) is 11.1. The fraction of sp³-hybridized carbons (Fsp3) is 0.310. The first-order valence-corrected chi connectivity index (χ1v) is 12.0. The Balaban J connectivity index is 1.39. The van der Waals surface area contributed by atoms with E-state index in [1.807, 2.05) is 49.4 Å². The SMILES string of the molecule is Cc1cccc(CN2CCCC(C(=O)Nc3ccccc3C(=O)NC(C)c3ccccc3)C2)c1. The summed E-state index contributed by atoms with van der Waals surface area (Å²) in [6.45, 7) is 6.62. The zero-order valence-electron chi connectivity index (χ0n) is 20.0. The summed E-state index contributed by atoms with van der Waals surface area (Å²) in [4.78, 5) is 28.5. The number of para-hydroxylation sites is 1. The topological polar surface area (TPSA) is 61.4 Å². The molecule has 2 N–H and O–H groups in total. The van der Waals surface area contributed by atoms with Crippen LogP contribution in [0.4, 0.5) is 5.69 Å². The minimum absolute atomic E-state index is 0.0229. The molecule has 0 bridgehead atoms. The van der Waals surface area contributed by atoms with E-state index in [0.29, 0.717) is 11.3 Å². The average molecular weight is 456 g/mol. The van der Waals surface area contributed by atoms with Gasteiger partial charge in [0.05, 0.1) is 23.2 Å². The van der Waals surface area contributed by atoms with E-state index in [1.54, 1.807) is 12.1 Å². The predicted octanol–water partition coefficient (Wildman–Crippen LogP) is 5.34. The van der Waals surface area contributed by atoms with Crippen LogP contribution < -0.4 is 10.6 Å². The Labute approximate surface area is 202 Å². The molecule has 4 rings (SSSR count). The lowest BCUT2D eigenvalue weighted by atomic mass is 9.96. The van der Waals surface area contributed by atoms with Crippen LogP contribution in [0, 0.1) is 12.8 Å². The number of nitrogens with one attached hydrogen (secondary N) is 2. The molecule has 2 unspecified atom stereocenters. The molecule has 1 heterocycles. The van der Waals surface area contributed by atoms with Crippen LogP contribution in [0.2, 0.25) is 0 Å². The second-order valence-electron chi connectivity index (χ2n) is 9.20. The van der Waals surface area contributed by atoms with Crippen molar-refractivity contribution in [2.45, 2.75) is 39.3 Å². The monoisotopic (exact) mass is 455 g/mol. The number of likely N-dealkylation sites (tertiary alicyclic amines) is 1. The number of hydrogen-bond acceptors (Lipinski definition) is 3. The van der Waals surface area contributed by atoms with Crippen molar-refractivity contribution in [2.24, 2.45) is 5.92 Å². The molecule has 34 heavy (non-hydrogen) atoms. The number of carbonyl (C=O) groups excluding carboxylic acids is 2. The Hall–Kier alpha value is -3.44. The van der Waals surface area contributed by atoms with Gasteiger partial charge in [-0.1, -0.05) is 72.3 Å². The number of piperidine rings is 1. The fourth-order valence-corrected chi connectivity index (χ4v) is 4.61. The third-order valence-electron chi connectivity index (χ3n) is 6.44. The lowest BCUT2D eigenvalue weighted by Crippen LogP contribution is -2.40. The lowest BCUT2D eigenvalue weighted by molar-refractivity contribution is -0.121. The van der Waals surface area contributed by atoms with E-state index in [4.69, 9.17) is 0 Å². The first-order chi connectivity index (χ1) is 16.5. The molecule has 1 aliphatic heterocycles. The van der Waals surface area contributed by atoms with Gasteiger partial charge in [-0.15, -0.1) is 0 Å². The molecule has 176 valence electrons. The quantitative estimate of drug-likeness (QED) is 0.506. The number of benzene rings is 3. The molecule has 3 aromatic rings. The highest BCUT2D eigenvalue weighted by atomic mass is 16.2. The smallest absolute Gasteiger partial charge is 0.253 e. The van der Waals surface area contributed by atoms with Crippen molar-refractivity contribution in [3.63, 3.8) is 0 Å². The molecule has 3 aromatic carbocycles. The molecule has 1 saturated heterocycles. The molecule has 0 aliphatic carbocycles. The molecule has 5 nitrogen and oxygen atoms in total. The van der Waals surface area contributed by atoms with Crippen molar-refractivity contribution in [3.05, 3.63) is 101 Å². The van der Waals surface area contributed by atoms with Gasteiger partial charge in [-0.2, -0.15) is 0 Å². The number of carbonyl (C=O) groups is 2. The third kappa shape index (κ3) is 6.12. The van der Waals surface area contributed by atoms with Crippen LogP contribution in [0.3, 0.4) is 0 Å². The minimum Gasteiger partial charge on any atom is -0.345 e. The van der Waals surface area contributed by atoms with Crippen LogP contribution in [0.5, 0.6) is 0 Å². The van der Waals surface area contributed by atoms with Crippen molar-refractivity contribution in [1.29, 1.82) is 0 Å². The van der Waals surface area contributed by atoms with Crippen molar-refractivity contribution in [3.8, 4) is 0 Å². The van der Waals surface area contributed by atoms with E-state index >= 15 is 0 Å². The van der Waals surface area contributed by atoms with Gasteiger partial charge in [0.2, 0.25) is 5.91 Å². The van der Waals surface area contributed by atoms with Gasteiger partial charge < -0.3 is 10.6 Å². The summed E-state index contributed by atoms with van der Waals surface area (Å²) < 4.78 is 0. The lowest BCUT2D eigenvalue weighted by Gasteiger charge is -2.32. The molecule has 2 atom stereocenters. The van der Waals surface area contributed by atoms with E-state index in [1.165, 1.54) is 11.1 Å². The largest absolute Gasteiger partial charge is 0.345 e. The van der Waals surface area contributed by atoms with Crippen molar-refractivity contribution in [2.75, 3.05) is 18.4 Å². The summed E-state index contributed by atoms with van der Waals surface area (Å²) in [5.41, 5.74) is 4.59. The van der Waals surface area contributed by atoms with Crippen molar-refractivity contribution in [1.82, 2.24) is 10.2 Å². The maximum Gasteiger partial charge on any atom is 0.253 e. The number of amides is 2. The summed E-state index contributed by atoms with van der Waals surface area (Å²) in [7, 11) is 0. The van der Waals surface area contributed by atoms with Crippen LogP contribution in [0.1, 0.15) is 52.9 Å². The Bertz CT molecular complexity index is 1130. The van der Waals surface area contributed by atoms with Gasteiger partial charge in [-0.05, 0) is 56.5 Å². The Kier molecular flexibility index (Phi) is 7.76. The molecule has 2 amide bonds. The highest BCUT2D eigenvalue weighted by Gasteiger charge is 2.27. The first-order valence-electron chi connectivity index (χ1n) is 12.0. The standard InChI is InChI=1S/C29H33N3O2/c1-21-10-8-11-23(18-21)19-32-17-9-14-25(20-32)28(33)31-27-16-7-6-15-26(27)29(34)30-22(2)24-12-4-3-5-13-24/h3-8,10-13,15-16,18,22,25H,9,14,17,19-20H2,1-2H3,(H,30,34)(H,31,33). The minimum atomic E-state index is -0.197. The van der Waals surface area contributed by atoms with Gasteiger partial charge in [0.25, 0.3) is 5.91 Å². The van der Waals surface area contributed by atoms with E-state index in [0.717, 1.165) is 38.0 Å². The van der Waals surface area contributed by atoms with Crippen LogP contribution in [-0.2, 0) is 11.3 Å². The highest BCUT2D eigenvalue weighted by molar-refractivity contribution is 6.04. The Morgan fingerprint density at radius 1 is 1.00 bits per heavy atom. The fourth-order valence-electron chi connectivity index (χ4n) is 4.61. The maximum absolute atomic E-state index is 13.2. The summed E-state index contributed by atoms with van der Waals surface area (Å²) in [6, 6.07) is 25.5. The van der Waals surface area contributed by atoms with E-state index in [9.17, 15) is 9.59 Å². The first kappa shape index (κ1) is 23.7. The molecule has 0 aromatic heterocycles. The maximum atomic E-state index is 13.2. The highest BCUT2D eigenvalue weighted by Crippen LogP contribution is 2.23. The van der Waals surface area contributed by atoms with Gasteiger partial charge in [-0.25, -0.2) is 0 Å². The molecule has 5 heteroatoms. The van der Waals surface area contributed by atoms with Crippen LogP contribution in [0.15, 0.2) is 78.9 Å². The number of nitrogens with zero attached hydrogens (tertiary/aromatic N) is 1. The van der Waals surface area contributed by atoms with Crippen LogP contribution >= 0.6 is 0 Å². The molecule has 1 aliphatic rings. The zero-order chi connectivity index (χ0) is 23.9. The van der Waals surface area contributed by atoms with Crippen molar-refractivity contribution < 1.29 is 9.59 Å². The number of aryl methyl sites for hydroxylation is 1. The van der Waals surface area contributed by atoms with Crippen LogP contribution in [-0.4, -0.2) is 29.8 Å². The molecule has 0 radical (unpaired) electrons.